The number of hydrogen-bond donors (Lipinski definition) is 0. The molecule has 1 aromatic carbocycles. The fourth-order valence-electron chi connectivity index (χ4n) is 2.38. The van der Waals surface area contributed by atoms with Crippen LogP contribution in [-0.4, -0.2) is 16.8 Å². The lowest BCUT2D eigenvalue weighted by molar-refractivity contribution is -0.114. The Balaban J connectivity index is 2.10. The molecule has 0 aliphatic carbocycles. The predicted octanol–water partition coefficient (Wildman–Crippen LogP) is 2.30. The summed E-state index contributed by atoms with van der Waals surface area (Å²) in [4.78, 5) is 24.9. The Kier molecular flexibility index (Phi) is 2.86. The number of aryl methyl sites for hydroxylation is 2. The van der Waals surface area contributed by atoms with Gasteiger partial charge in [-0.1, -0.05) is 5.16 Å². The first-order chi connectivity index (χ1) is 9.90. The van der Waals surface area contributed by atoms with Crippen LogP contribution in [0.3, 0.4) is 0 Å². The zero-order valence-electron chi connectivity index (χ0n) is 11.2. The third-order valence-electron chi connectivity index (χ3n) is 3.49. The molecule has 0 spiro atoms. The summed E-state index contributed by atoms with van der Waals surface area (Å²) in [5.41, 5.74) is 0.697. The van der Waals surface area contributed by atoms with Crippen molar-refractivity contribution in [2.45, 2.75) is 20.4 Å². The molecular formula is C14H10F2N2O3. The van der Waals surface area contributed by atoms with Gasteiger partial charge in [-0.15, -0.1) is 0 Å². The van der Waals surface area contributed by atoms with E-state index in [4.69, 9.17) is 4.52 Å². The van der Waals surface area contributed by atoms with Crippen LogP contribution < -0.4 is 4.90 Å². The van der Waals surface area contributed by atoms with Crippen molar-refractivity contribution in [1.82, 2.24) is 5.16 Å². The van der Waals surface area contributed by atoms with Gasteiger partial charge in [0.15, 0.2) is 0 Å². The molecule has 2 aromatic rings. The minimum atomic E-state index is -1.04. The maximum atomic E-state index is 13.7. The first kappa shape index (κ1) is 13.4. The molecule has 0 radical (unpaired) electrons. The highest BCUT2D eigenvalue weighted by atomic mass is 19.1. The molecule has 0 bridgehead atoms. The van der Waals surface area contributed by atoms with Crippen LogP contribution >= 0.6 is 0 Å². The number of anilines is 1. The van der Waals surface area contributed by atoms with Crippen molar-refractivity contribution in [2.24, 2.45) is 0 Å². The number of aromatic nitrogens is 1. The lowest BCUT2D eigenvalue weighted by Gasteiger charge is -2.16. The molecule has 2 heterocycles. The van der Waals surface area contributed by atoms with E-state index in [0.717, 1.165) is 11.0 Å². The van der Waals surface area contributed by atoms with Crippen LogP contribution in [0.15, 0.2) is 16.7 Å². The molecule has 1 amide bonds. The zero-order chi connectivity index (χ0) is 15.3. The van der Waals surface area contributed by atoms with Crippen molar-refractivity contribution < 1.29 is 22.9 Å². The molecule has 0 N–H and O–H groups in total. The summed E-state index contributed by atoms with van der Waals surface area (Å²) in [7, 11) is 0. The molecule has 1 aromatic heterocycles. The van der Waals surface area contributed by atoms with E-state index in [1.165, 1.54) is 0 Å². The van der Waals surface area contributed by atoms with Crippen molar-refractivity contribution in [3.8, 4) is 0 Å². The zero-order valence-corrected chi connectivity index (χ0v) is 11.2. The number of nitrogens with zero attached hydrogens (tertiary/aromatic N) is 2. The highest BCUT2D eigenvalue weighted by Crippen LogP contribution is 2.33. The molecule has 1 aliphatic rings. The van der Waals surface area contributed by atoms with Crippen LogP contribution in [0.4, 0.5) is 14.5 Å². The van der Waals surface area contributed by atoms with Gasteiger partial charge in [-0.2, -0.15) is 0 Å². The summed E-state index contributed by atoms with van der Waals surface area (Å²) in [5, 5.41) is 3.75. The maximum absolute atomic E-state index is 13.7. The summed E-state index contributed by atoms with van der Waals surface area (Å²) >= 11 is 0. The van der Waals surface area contributed by atoms with E-state index in [-0.39, 0.29) is 12.2 Å². The fraction of sp³-hybridized carbons (Fsp3) is 0.214. The van der Waals surface area contributed by atoms with E-state index in [9.17, 15) is 18.4 Å². The highest BCUT2D eigenvalue weighted by molar-refractivity contribution is 6.52. The fourth-order valence-corrected chi connectivity index (χ4v) is 2.38. The third-order valence-corrected chi connectivity index (χ3v) is 3.49. The van der Waals surface area contributed by atoms with E-state index in [1.54, 1.807) is 13.8 Å². The Morgan fingerprint density at radius 1 is 1.24 bits per heavy atom. The molecule has 0 fully saturated rings. The first-order valence-corrected chi connectivity index (χ1v) is 6.17. The monoisotopic (exact) mass is 292 g/mol. The molecule has 0 saturated carbocycles. The second-order valence-corrected chi connectivity index (χ2v) is 4.80. The molecule has 7 heteroatoms. The number of halogens is 2. The lowest BCUT2D eigenvalue weighted by atomic mass is 10.1. The van der Waals surface area contributed by atoms with Crippen LogP contribution in [0.1, 0.15) is 27.4 Å². The first-order valence-electron chi connectivity index (χ1n) is 6.17. The molecule has 108 valence electrons. The summed E-state index contributed by atoms with van der Waals surface area (Å²) in [5.74, 6) is -3.27. The van der Waals surface area contributed by atoms with E-state index in [2.05, 4.69) is 5.16 Å². The summed E-state index contributed by atoms with van der Waals surface area (Å²) in [6.45, 7) is 3.31. The van der Waals surface area contributed by atoms with Crippen LogP contribution in [0.5, 0.6) is 0 Å². The number of Topliss-reactive ketones (excluding diaryl/α,β-unsaturated/α-hetero) is 1. The van der Waals surface area contributed by atoms with E-state index >= 15 is 0 Å². The largest absolute Gasteiger partial charge is 0.361 e. The van der Waals surface area contributed by atoms with Crippen molar-refractivity contribution >= 4 is 17.4 Å². The van der Waals surface area contributed by atoms with Gasteiger partial charge in [0.2, 0.25) is 0 Å². The van der Waals surface area contributed by atoms with Crippen LogP contribution in [0.25, 0.3) is 0 Å². The lowest BCUT2D eigenvalue weighted by Crippen LogP contribution is -2.29. The van der Waals surface area contributed by atoms with Gasteiger partial charge in [0.05, 0.1) is 23.5 Å². The molecule has 0 atom stereocenters. The average Bonchev–Trinajstić information content (AvgIpc) is 2.84. The Labute approximate surface area is 118 Å². The smallest absolute Gasteiger partial charge is 0.299 e. The predicted molar refractivity (Wildman–Crippen MR) is 67.9 cm³/mol. The van der Waals surface area contributed by atoms with Crippen LogP contribution in [0, 0.1) is 25.5 Å². The molecule has 0 unspecified atom stereocenters. The molecule has 5 nitrogen and oxygen atoms in total. The Bertz CT molecular complexity index is 763. The van der Waals surface area contributed by atoms with Gasteiger partial charge in [0, 0.05) is 11.6 Å². The SMILES string of the molecule is Cc1noc(C)c1CN1C(=O)C(=O)c2c(F)cc(F)cc21. The maximum Gasteiger partial charge on any atom is 0.299 e. The minimum absolute atomic E-state index is 0.0262. The summed E-state index contributed by atoms with van der Waals surface area (Å²) in [6, 6.07) is 1.56. The van der Waals surface area contributed by atoms with Gasteiger partial charge in [-0.25, -0.2) is 8.78 Å². The van der Waals surface area contributed by atoms with Gasteiger partial charge >= 0.3 is 0 Å². The van der Waals surface area contributed by atoms with Crippen molar-refractivity contribution in [3.05, 3.63) is 46.3 Å². The molecule has 1 aliphatic heterocycles. The minimum Gasteiger partial charge on any atom is -0.361 e. The highest BCUT2D eigenvalue weighted by Gasteiger charge is 2.39. The van der Waals surface area contributed by atoms with Crippen LogP contribution in [-0.2, 0) is 11.3 Å². The number of amides is 1. The number of hydrogen-bond acceptors (Lipinski definition) is 4. The van der Waals surface area contributed by atoms with Gasteiger partial charge in [-0.05, 0) is 19.9 Å². The normalized spacial score (nSPS) is 14.0. The second-order valence-electron chi connectivity index (χ2n) is 4.80. The number of benzene rings is 1. The quantitative estimate of drug-likeness (QED) is 0.797. The van der Waals surface area contributed by atoms with E-state index in [0.29, 0.717) is 23.1 Å². The number of ketones is 1. The van der Waals surface area contributed by atoms with Gasteiger partial charge < -0.3 is 4.52 Å². The standard InChI is InChI=1S/C14H10F2N2O3/c1-6-9(7(2)21-17-6)5-18-11-4-8(15)3-10(16)12(11)13(19)14(18)20/h3-4H,5H2,1-2H3. The number of carbonyl (C=O) groups excluding carboxylic acids is 2. The molecule has 3 rings (SSSR count). The number of rotatable bonds is 2. The van der Waals surface area contributed by atoms with Crippen LogP contribution in [0.2, 0.25) is 0 Å². The average molecular weight is 292 g/mol. The van der Waals surface area contributed by atoms with E-state index in [1.807, 2.05) is 0 Å². The summed E-state index contributed by atoms with van der Waals surface area (Å²) < 4.78 is 32.1. The Morgan fingerprint density at radius 2 is 1.95 bits per heavy atom. The van der Waals surface area contributed by atoms with Crippen molar-refractivity contribution in [2.75, 3.05) is 4.90 Å². The summed E-state index contributed by atoms with van der Waals surface area (Å²) in [6.07, 6.45) is 0. The Hall–Kier alpha value is -2.57. The molecule has 0 saturated heterocycles. The molecule has 21 heavy (non-hydrogen) atoms. The number of carbonyl (C=O) groups is 2. The second kappa shape index (κ2) is 4.47. The van der Waals surface area contributed by atoms with Crippen molar-refractivity contribution in [1.29, 1.82) is 0 Å². The van der Waals surface area contributed by atoms with Gasteiger partial charge in [0.25, 0.3) is 11.7 Å². The van der Waals surface area contributed by atoms with E-state index < -0.39 is 28.9 Å². The van der Waals surface area contributed by atoms with Gasteiger partial charge in [-0.3, -0.25) is 14.5 Å². The molecular weight excluding hydrogens is 282 g/mol. The third kappa shape index (κ3) is 1.93. The van der Waals surface area contributed by atoms with Crippen molar-refractivity contribution in [3.63, 3.8) is 0 Å². The topological polar surface area (TPSA) is 63.4 Å². The Morgan fingerprint density at radius 3 is 2.57 bits per heavy atom. The van der Waals surface area contributed by atoms with Gasteiger partial charge in [0.1, 0.15) is 17.4 Å². The number of fused-ring (bicyclic) bond motifs is 1.